The van der Waals surface area contributed by atoms with Gasteiger partial charge in [0.05, 0.1) is 19.2 Å². The monoisotopic (exact) mass is 470 g/mol. The Labute approximate surface area is 197 Å². The fourth-order valence-corrected chi connectivity index (χ4v) is 4.46. The first-order chi connectivity index (χ1) is 15.5. The first-order valence-corrected chi connectivity index (χ1v) is 11.7. The van der Waals surface area contributed by atoms with E-state index in [1.807, 2.05) is 31.4 Å². The van der Waals surface area contributed by atoms with Gasteiger partial charge in [0.25, 0.3) is 5.56 Å². The van der Waals surface area contributed by atoms with Crippen molar-refractivity contribution in [1.29, 1.82) is 0 Å². The summed E-state index contributed by atoms with van der Waals surface area (Å²) in [6, 6.07) is 8.85. The van der Waals surface area contributed by atoms with Crippen molar-refractivity contribution >= 4 is 34.2 Å². The number of aromatic nitrogens is 1. The van der Waals surface area contributed by atoms with Crippen molar-refractivity contribution < 1.29 is 19.1 Å². The predicted molar refractivity (Wildman–Crippen MR) is 131 cm³/mol. The van der Waals surface area contributed by atoms with Crippen molar-refractivity contribution in [3.8, 4) is 10.4 Å². The highest BCUT2D eigenvalue weighted by Gasteiger charge is 2.22. The predicted octanol–water partition coefficient (Wildman–Crippen LogP) is 5.20. The molecule has 8 heteroatoms. The minimum Gasteiger partial charge on any atom is -0.465 e. The summed E-state index contributed by atoms with van der Waals surface area (Å²) in [5, 5.41) is 5.91. The summed E-state index contributed by atoms with van der Waals surface area (Å²) in [6.07, 6.45) is -0.563. The van der Waals surface area contributed by atoms with Gasteiger partial charge in [-0.15, -0.1) is 11.3 Å². The molecule has 1 N–H and O–H groups in total. The molecule has 0 aliphatic carbocycles. The van der Waals surface area contributed by atoms with E-state index in [9.17, 15) is 14.4 Å². The van der Waals surface area contributed by atoms with Gasteiger partial charge in [-0.2, -0.15) is 0 Å². The van der Waals surface area contributed by atoms with E-state index in [-0.39, 0.29) is 18.0 Å². The summed E-state index contributed by atoms with van der Waals surface area (Å²) in [6.45, 7) is 10.0. The molecule has 0 saturated heterocycles. The maximum absolute atomic E-state index is 13.5. The van der Waals surface area contributed by atoms with E-state index >= 15 is 0 Å². The van der Waals surface area contributed by atoms with Gasteiger partial charge in [0, 0.05) is 28.1 Å². The number of benzene rings is 1. The molecule has 0 atom stereocenters. The van der Waals surface area contributed by atoms with Crippen LogP contribution in [0.5, 0.6) is 0 Å². The largest absolute Gasteiger partial charge is 0.465 e. The molecule has 0 aliphatic rings. The van der Waals surface area contributed by atoms with Crippen LogP contribution < -0.4 is 10.9 Å². The van der Waals surface area contributed by atoms with Crippen molar-refractivity contribution in [2.45, 2.75) is 53.3 Å². The molecule has 1 aromatic carbocycles. The third-order valence-corrected chi connectivity index (χ3v) is 5.80. The first kappa shape index (κ1) is 24.5. The van der Waals surface area contributed by atoms with Crippen molar-refractivity contribution in [1.82, 2.24) is 9.88 Å². The lowest BCUT2D eigenvalue weighted by atomic mass is 9.99. The van der Waals surface area contributed by atoms with Crippen LogP contribution in [0.15, 0.2) is 40.5 Å². The highest BCUT2D eigenvalue weighted by molar-refractivity contribution is 7.13. The molecule has 1 amide bonds. The molecular weight excluding hydrogens is 440 g/mol. The number of esters is 1. The minimum atomic E-state index is -0.642. The standard InChI is InChI=1S/C25H30N2O5S/c1-15(2)14-27-19(13-26-24(30)32-25(3,4)5)21(20-8-7-11-33-20)18-12-16(23(29)31-6)9-10-17(18)22(27)28/h7-12,15H,13-14H2,1-6H3,(H,26,30). The molecule has 0 unspecified atom stereocenters. The third kappa shape index (κ3) is 5.63. The number of carbonyl (C=O) groups excluding carboxylic acids is 2. The molecule has 0 saturated carbocycles. The Balaban J connectivity index is 2.27. The molecule has 0 bridgehead atoms. The van der Waals surface area contributed by atoms with E-state index in [4.69, 9.17) is 9.47 Å². The summed E-state index contributed by atoms with van der Waals surface area (Å²) >= 11 is 1.53. The Morgan fingerprint density at radius 3 is 2.45 bits per heavy atom. The van der Waals surface area contributed by atoms with E-state index < -0.39 is 17.7 Å². The van der Waals surface area contributed by atoms with Crippen molar-refractivity contribution in [2.75, 3.05) is 7.11 Å². The van der Waals surface area contributed by atoms with E-state index in [0.29, 0.717) is 28.6 Å². The number of hydrogen-bond donors (Lipinski definition) is 1. The number of carbonyl (C=O) groups is 2. The number of thiophene rings is 1. The number of nitrogens with one attached hydrogen (secondary N) is 1. The van der Waals surface area contributed by atoms with Crippen LogP contribution in [0.4, 0.5) is 4.79 Å². The van der Waals surface area contributed by atoms with Crippen molar-refractivity contribution in [2.24, 2.45) is 5.92 Å². The van der Waals surface area contributed by atoms with Gasteiger partial charge in [-0.1, -0.05) is 19.9 Å². The molecule has 0 spiro atoms. The average Bonchev–Trinajstić information content (AvgIpc) is 3.26. The second-order valence-corrected chi connectivity index (χ2v) is 10.2. The lowest BCUT2D eigenvalue weighted by Crippen LogP contribution is -2.35. The smallest absolute Gasteiger partial charge is 0.407 e. The zero-order valence-electron chi connectivity index (χ0n) is 19.9. The number of fused-ring (bicyclic) bond motifs is 1. The second kappa shape index (κ2) is 9.79. The quantitative estimate of drug-likeness (QED) is 0.501. The minimum absolute atomic E-state index is 0.0997. The number of methoxy groups -OCH3 is 1. The van der Waals surface area contributed by atoms with Gasteiger partial charge in [0.2, 0.25) is 0 Å². The zero-order chi connectivity index (χ0) is 24.3. The SMILES string of the molecule is COC(=O)c1ccc2c(=O)n(CC(C)C)c(CNC(=O)OC(C)(C)C)c(-c3cccs3)c2c1. The maximum atomic E-state index is 13.5. The van der Waals surface area contributed by atoms with E-state index in [1.165, 1.54) is 18.4 Å². The molecule has 3 aromatic rings. The molecule has 2 aromatic heterocycles. The molecule has 0 radical (unpaired) electrons. The normalized spacial score (nSPS) is 11.6. The maximum Gasteiger partial charge on any atom is 0.407 e. The summed E-state index contributed by atoms with van der Waals surface area (Å²) in [4.78, 5) is 39.1. The van der Waals surface area contributed by atoms with Crippen LogP contribution in [-0.4, -0.2) is 29.3 Å². The zero-order valence-corrected chi connectivity index (χ0v) is 20.7. The lowest BCUT2D eigenvalue weighted by Gasteiger charge is -2.23. The number of rotatable bonds is 6. The van der Waals surface area contributed by atoms with Crippen LogP contribution in [0.25, 0.3) is 21.2 Å². The Bertz CT molecular complexity index is 1220. The number of hydrogen-bond acceptors (Lipinski definition) is 6. The number of alkyl carbamates (subject to hydrolysis) is 1. The number of nitrogens with zero attached hydrogens (tertiary/aromatic N) is 1. The van der Waals surface area contributed by atoms with Crippen LogP contribution >= 0.6 is 11.3 Å². The molecule has 0 fully saturated rings. The van der Waals surface area contributed by atoms with Crippen LogP contribution in [0.1, 0.15) is 50.7 Å². The summed E-state index contributed by atoms with van der Waals surface area (Å²) in [7, 11) is 1.32. The number of pyridine rings is 1. The van der Waals surface area contributed by atoms with Gasteiger partial charge in [-0.25, -0.2) is 9.59 Å². The fourth-order valence-electron chi connectivity index (χ4n) is 3.65. The highest BCUT2D eigenvalue weighted by atomic mass is 32.1. The molecule has 0 aliphatic heterocycles. The molecule has 33 heavy (non-hydrogen) atoms. The first-order valence-electron chi connectivity index (χ1n) is 10.8. The van der Waals surface area contributed by atoms with Crippen LogP contribution in [-0.2, 0) is 22.6 Å². The van der Waals surface area contributed by atoms with Gasteiger partial charge >= 0.3 is 12.1 Å². The molecule has 2 heterocycles. The topological polar surface area (TPSA) is 86.6 Å². The summed E-state index contributed by atoms with van der Waals surface area (Å²) in [5.74, 6) is -0.278. The van der Waals surface area contributed by atoms with E-state index in [1.54, 1.807) is 43.5 Å². The fraction of sp³-hybridized carbons (Fsp3) is 0.400. The van der Waals surface area contributed by atoms with Gasteiger partial charge in [-0.3, -0.25) is 4.79 Å². The van der Waals surface area contributed by atoms with E-state index in [2.05, 4.69) is 5.32 Å². The Morgan fingerprint density at radius 2 is 1.88 bits per heavy atom. The van der Waals surface area contributed by atoms with Crippen LogP contribution in [0.3, 0.4) is 0 Å². The van der Waals surface area contributed by atoms with E-state index in [0.717, 1.165) is 10.4 Å². The van der Waals surface area contributed by atoms with Gasteiger partial charge in [0.1, 0.15) is 5.60 Å². The molecule has 3 rings (SSSR count). The average molecular weight is 471 g/mol. The molecule has 7 nitrogen and oxygen atoms in total. The lowest BCUT2D eigenvalue weighted by molar-refractivity contribution is 0.0521. The van der Waals surface area contributed by atoms with Crippen LogP contribution in [0, 0.1) is 5.92 Å². The Hall–Kier alpha value is -3.13. The Kier molecular flexibility index (Phi) is 7.27. The molecular formula is C25H30N2O5S. The highest BCUT2D eigenvalue weighted by Crippen LogP contribution is 2.35. The molecule has 176 valence electrons. The number of amides is 1. The van der Waals surface area contributed by atoms with Gasteiger partial charge < -0.3 is 19.4 Å². The summed E-state index contributed by atoms with van der Waals surface area (Å²) in [5.41, 5.74) is 1.02. The van der Waals surface area contributed by atoms with Gasteiger partial charge in [0.15, 0.2) is 0 Å². The third-order valence-electron chi connectivity index (χ3n) is 4.91. The number of ether oxygens (including phenoxy) is 2. The van der Waals surface area contributed by atoms with Crippen molar-refractivity contribution in [3.05, 3.63) is 57.3 Å². The Morgan fingerprint density at radius 1 is 1.15 bits per heavy atom. The second-order valence-electron chi connectivity index (χ2n) is 9.22. The van der Waals surface area contributed by atoms with Crippen LogP contribution in [0.2, 0.25) is 0 Å². The van der Waals surface area contributed by atoms with Crippen molar-refractivity contribution in [3.63, 3.8) is 0 Å². The van der Waals surface area contributed by atoms with Gasteiger partial charge in [-0.05, 0) is 61.7 Å². The summed E-state index contributed by atoms with van der Waals surface area (Å²) < 4.78 is 12.0.